The second-order valence-corrected chi connectivity index (χ2v) is 4.43. The van der Waals surface area contributed by atoms with E-state index in [4.69, 9.17) is 0 Å². The minimum atomic E-state index is -3.61. The van der Waals surface area contributed by atoms with Gasteiger partial charge in [-0.05, 0) is 13.3 Å². The highest BCUT2D eigenvalue weighted by molar-refractivity contribution is 7.86. The van der Waals surface area contributed by atoms with Gasteiger partial charge in [0.25, 0.3) is 10.1 Å². The molecule has 0 aromatic heterocycles. The van der Waals surface area contributed by atoms with Crippen LogP contribution >= 0.6 is 0 Å². The molecule has 6 heteroatoms. The molecular weight excluding hydrogens is 208 g/mol. The van der Waals surface area contributed by atoms with Gasteiger partial charge in [-0.2, -0.15) is 8.42 Å². The van der Waals surface area contributed by atoms with Crippen LogP contribution < -0.4 is 0 Å². The molecule has 0 rings (SSSR count). The summed E-state index contributed by atoms with van der Waals surface area (Å²) in [5.74, 6) is -0.625. The van der Waals surface area contributed by atoms with Crippen LogP contribution in [0.3, 0.4) is 0 Å². The first-order valence-corrected chi connectivity index (χ1v) is 6.27. The molecule has 84 valence electrons. The topological polar surface area (TPSA) is 69.7 Å². The van der Waals surface area contributed by atoms with Gasteiger partial charge < -0.3 is 4.74 Å². The van der Waals surface area contributed by atoms with Gasteiger partial charge in [-0.15, -0.1) is 0 Å². The molecule has 0 aliphatic heterocycles. The molecule has 5 nitrogen and oxygen atoms in total. The van der Waals surface area contributed by atoms with E-state index in [-0.39, 0.29) is 6.61 Å². The lowest BCUT2D eigenvalue weighted by Gasteiger charge is -2.13. The van der Waals surface area contributed by atoms with Gasteiger partial charge in [-0.3, -0.25) is 4.18 Å². The molecule has 0 fully saturated rings. The summed E-state index contributed by atoms with van der Waals surface area (Å²) in [7, 11) is -3.61. The quantitative estimate of drug-likeness (QED) is 0.490. The third-order valence-corrected chi connectivity index (χ3v) is 1.97. The Bertz CT molecular complexity index is 269. The van der Waals surface area contributed by atoms with Crippen LogP contribution in [0, 0.1) is 0 Å². The van der Waals surface area contributed by atoms with Crippen LogP contribution in [0.5, 0.6) is 0 Å². The maximum atomic E-state index is 11.2. The Kier molecular flexibility index (Phi) is 5.71. The highest BCUT2D eigenvalue weighted by atomic mass is 32.2. The summed E-state index contributed by atoms with van der Waals surface area (Å²) in [5, 5.41) is 0. The Morgan fingerprint density at radius 2 is 1.93 bits per heavy atom. The molecule has 0 aromatic carbocycles. The van der Waals surface area contributed by atoms with E-state index in [1.807, 2.05) is 6.92 Å². The smallest absolute Gasteiger partial charge is 0.336 e. The summed E-state index contributed by atoms with van der Waals surface area (Å²) in [6, 6.07) is 0. The summed E-state index contributed by atoms with van der Waals surface area (Å²) >= 11 is 0. The van der Waals surface area contributed by atoms with Crippen molar-refractivity contribution in [2.45, 2.75) is 32.8 Å². The van der Waals surface area contributed by atoms with E-state index >= 15 is 0 Å². The Labute approximate surface area is 84.5 Å². The molecule has 0 radical (unpaired) electrons. The van der Waals surface area contributed by atoms with Crippen LogP contribution in [-0.2, 0) is 23.8 Å². The Morgan fingerprint density at radius 1 is 1.36 bits per heavy atom. The number of hydrogen-bond acceptors (Lipinski definition) is 5. The molecule has 0 saturated carbocycles. The standard InChI is InChI=1S/C8H16O5S/c1-4-6-7(8(9)12-5-2)13-14(3,10)11/h7H,4-6H2,1-3H3. The molecule has 1 atom stereocenters. The molecule has 0 N–H and O–H groups in total. The summed E-state index contributed by atoms with van der Waals surface area (Å²) in [5.41, 5.74) is 0. The van der Waals surface area contributed by atoms with Crippen LogP contribution in [0.1, 0.15) is 26.7 Å². The van der Waals surface area contributed by atoms with Gasteiger partial charge in [-0.1, -0.05) is 13.3 Å². The van der Waals surface area contributed by atoms with Crippen LogP contribution in [0.2, 0.25) is 0 Å². The zero-order valence-electron chi connectivity index (χ0n) is 8.65. The number of carbonyl (C=O) groups excluding carboxylic acids is 1. The predicted molar refractivity (Wildman–Crippen MR) is 51.3 cm³/mol. The minimum Gasteiger partial charge on any atom is -0.464 e. The van der Waals surface area contributed by atoms with Gasteiger partial charge in [0, 0.05) is 0 Å². The largest absolute Gasteiger partial charge is 0.464 e. The molecular formula is C8H16O5S. The number of carbonyl (C=O) groups is 1. The molecule has 0 aliphatic rings. The molecule has 0 saturated heterocycles. The third kappa shape index (κ3) is 5.93. The maximum absolute atomic E-state index is 11.2. The van der Waals surface area contributed by atoms with Gasteiger partial charge in [0.05, 0.1) is 12.9 Å². The van der Waals surface area contributed by atoms with Crippen molar-refractivity contribution in [1.82, 2.24) is 0 Å². The van der Waals surface area contributed by atoms with Gasteiger partial charge in [0.1, 0.15) is 0 Å². The van der Waals surface area contributed by atoms with Crippen LogP contribution in [0.25, 0.3) is 0 Å². The summed E-state index contributed by atoms with van der Waals surface area (Å²) in [6.07, 6.45) is 0.898. The van der Waals surface area contributed by atoms with E-state index in [1.54, 1.807) is 6.92 Å². The highest BCUT2D eigenvalue weighted by Crippen LogP contribution is 2.07. The summed E-state index contributed by atoms with van der Waals surface area (Å²) < 4.78 is 30.9. The van der Waals surface area contributed by atoms with Crippen molar-refractivity contribution in [1.29, 1.82) is 0 Å². The van der Waals surface area contributed by atoms with Crippen molar-refractivity contribution >= 4 is 16.1 Å². The van der Waals surface area contributed by atoms with Crippen molar-refractivity contribution in [3.05, 3.63) is 0 Å². The maximum Gasteiger partial charge on any atom is 0.336 e. The van der Waals surface area contributed by atoms with Crippen LogP contribution in [0.4, 0.5) is 0 Å². The Morgan fingerprint density at radius 3 is 2.29 bits per heavy atom. The second-order valence-electron chi connectivity index (χ2n) is 2.83. The molecule has 0 aliphatic carbocycles. The second kappa shape index (κ2) is 5.98. The molecule has 14 heavy (non-hydrogen) atoms. The Hall–Kier alpha value is -0.620. The normalized spacial score (nSPS) is 13.6. The Balaban J connectivity index is 4.36. The highest BCUT2D eigenvalue weighted by Gasteiger charge is 2.23. The van der Waals surface area contributed by atoms with Gasteiger partial charge in [0.2, 0.25) is 0 Å². The van der Waals surface area contributed by atoms with Crippen molar-refractivity contribution in [2.75, 3.05) is 12.9 Å². The average molecular weight is 224 g/mol. The monoisotopic (exact) mass is 224 g/mol. The van der Waals surface area contributed by atoms with Gasteiger partial charge in [-0.25, -0.2) is 4.79 Å². The van der Waals surface area contributed by atoms with Crippen molar-refractivity contribution in [2.24, 2.45) is 0 Å². The molecule has 0 bridgehead atoms. The summed E-state index contributed by atoms with van der Waals surface area (Å²) in [4.78, 5) is 11.2. The van der Waals surface area contributed by atoms with E-state index in [0.29, 0.717) is 12.8 Å². The number of ether oxygens (including phenoxy) is 1. The number of rotatable bonds is 6. The summed E-state index contributed by atoms with van der Waals surface area (Å²) in [6.45, 7) is 3.70. The zero-order chi connectivity index (χ0) is 11.2. The lowest BCUT2D eigenvalue weighted by Crippen LogP contribution is -2.28. The molecule has 0 heterocycles. The number of esters is 1. The van der Waals surface area contributed by atoms with E-state index in [2.05, 4.69) is 8.92 Å². The van der Waals surface area contributed by atoms with E-state index < -0.39 is 22.2 Å². The fourth-order valence-corrected chi connectivity index (χ4v) is 1.51. The van der Waals surface area contributed by atoms with Gasteiger partial charge >= 0.3 is 5.97 Å². The van der Waals surface area contributed by atoms with E-state index in [9.17, 15) is 13.2 Å². The first-order chi connectivity index (χ1) is 6.40. The van der Waals surface area contributed by atoms with Crippen LogP contribution in [-0.4, -0.2) is 33.4 Å². The van der Waals surface area contributed by atoms with Crippen molar-refractivity contribution in [3.8, 4) is 0 Å². The van der Waals surface area contributed by atoms with Crippen molar-refractivity contribution in [3.63, 3.8) is 0 Å². The molecule has 0 amide bonds. The van der Waals surface area contributed by atoms with Crippen molar-refractivity contribution < 1.29 is 22.1 Å². The van der Waals surface area contributed by atoms with E-state index in [0.717, 1.165) is 6.26 Å². The third-order valence-electron chi connectivity index (χ3n) is 1.39. The molecule has 1 unspecified atom stereocenters. The van der Waals surface area contributed by atoms with E-state index in [1.165, 1.54) is 0 Å². The fourth-order valence-electron chi connectivity index (χ4n) is 0.914. The zero-order valence-corrected chi connectivity index (χ0v) is 9.46. The fraction of sp³-hybridized carbons (Fsp3) is 0.875. The van der Waals surface area contributed by atoms with Gasteiger partial charge in [0.15, 0.2) is 6.10 Å². The first kappa shape index (κ1) is 13.4. The van der Waals surface area contributed by atoms with Crippen LogP contribution in [0.15, 0.2) is 0 Å². The SMILES string of the molecule is CCCC(OS(C)(=O)=O)C(=O)OCC. The molecule has 0 spiro atoms. The first-order valence-electron chi connectivity index (χ1n) is 4.45. The molecule has 0 aromatic rings. The minimum absolute atomic E-state index is 0.214. The average Bonchev–Trinajstić information content (AvgIpc) is 2.01. The lowest BCUT2D eigenvalue weighted by molar-refractivity contribution is -0.151. The number of hydrogen-bond donors (Lipinski definition) is 0. The predicted octanol–water partition coefficient (Wildman–Crippen LogP) is 0.694. The lowest BCUT2D eigenvalue weighted by atomic mass is 10.2.